The second-order valence-electron chi connectivity index (χ2n) is 8.28. The second-order valence-corrected chi connectivity index (χ2v) is 8.28. The molecule has 0 aliphatic carbocycles. The van der Waals surface area contributed by atoms with E-state index >= 15 is 0 Å². The SMILES string of the molecule is CN(C)CC1CN(c2ccc3nc(-c4c(N)c5ccccc5[nH]c4=O)[nH]c3c2)CCO1. The zero-order chi connectivity index (χ0) is 21.5. The Kier molecular flexibility index (Phi) is 4.88. The Hall–Kier alpha value is -3.36. The zero-order valence-corrected chi connectivity index (χ0v) is 17.7. The van der Waals surface area contributed by atoms with Crippen LogP contribution in [0.1, 0.15) is 0 Å². The Bertz CT molecular complexity index is 1310. The number of hydrogen-bond donors (Lipinski definition) is 3. The number of para-hydroxylation sites is 1. The number of benzene rings is 2. The van der Waals surface area contributed by atoms with Gasteiger partial charge in [0.25, 0.3) is 5.56 Å². The Morgan fingerprint density at radius 3 is 2.87 bits per heavy atom. The number of fused-ring (bicyclic) bond motifs is 2. The maximum Gasteiger partial charge on any atom is 0.261 e. The second kappa shape index (κ2) is 7.72. The number of imidazole rings is 1. The van der Waals surface area contributed by atoms with E-state index in [-0.39, 0.29) is 11.7 Å². The molecule has 1 fully saturated rings. The molecule has 1 aliphatic rings. The number of H-pyrrole nitrogens is 2. The van der Waals surface area contributed by atoms with E-state index in [2.05, 4.69) is 51.0 Å². The first-order valence-electron chi connectivity index (χ1n) is 10.4. The van der Waals surface area contributed by atoms with Gasteiger partial charge in [-0.05, 0) is 38.4 Å². The van der Waals surface area contributed by atoms with E-state index in [1.807, 2.05) is 30.3 Å². The summed E-state index contributed by atoms with van der Waals surface area (Å²) < 4.78 is 5.90. The van der Waals surface area contributed by atoms with Gasteiger partial charge in [-0.2, -0.15) is 0 Å². The summed E-state index contributed by atoms with van der Waals surface area (Å²) in [6, 6.07) is 13.6. The van der Waals surface area contributed by atoms with Gasteiger partial charge in [0.2, 0.25) is 0 Å². The minimum absolute atomic E-state index is 0.174. The summed E-state index contributed by atoms with van der Waals surface area (Å²) >= 11 is 0. The number of aromatic amines is 2. The number of nitrogens with zero attached hydrogens (tertiary/aromatic N) is 3. The van der Waals surface area contributed by atoms with Gasteiger partial charge in [-0.15, -0.1) is 0 Å². The van der Waals surface area contributed by atoms with Crippen LogP contribution in [0.3, 0.4) is 0 Å². The van der Waals surface area contributed by atoms with E-state index in [1.54, 1.807) is 0 Å². The van der Waals surface area contributed by atoms with Gasteiger partial charge in [0.05, 0.1) is 34.9 Å². The highest BCUT2D eigenvalue weighted by molar-refractivity contribution is 5.97. The number of nitrogen functional groups attached to an aromatic ring is 1. The predicted molar refractivity (Wildman–Crippen MR) is 125 cm³/mol. The Morgan fingerprint density at radius 1 is 1.19 bits per heavy atom. The lowest BCUT2D eigenvalue weighted by molar-refractivity contribution is 0.0248. The third kappa shape index (κ3) is 3.64. The zero-order valence-electron chi connectivity index (χ0n) is 17.7. The number of anilines is 2. The number of rotatable bonds is 4. The highest BCUT2D eigenvalue weighted by atomic mass is 16.5. The van der Waals surface area contributed by atoms with Gasteiger partial charge in [0.1, 0.15) is 11.4 Å². The van der Waals surface area contributed by atoms with Gasteiger partial charge in [-0.3, -0.25) is 4.79 Å². The van der Waals surface area contributed by atoms with Gasteiger partial charge >= 0.3 is 0 Å². The predicted octanol–water partition coefficient (Wildman–Crippen LogP) is 2.42. The minimum atomic E-state index is -0.254. The third-order valence-electron chi connectivity index (χ3n) is 5.74. The molecule has 31 heavy (non-hydrogen) atoms. The van der Waals surface area contributed by atoms with E-state index in [0.717, 1.165) is 41.7 Å². The van der Waals surface area contributed by atoms with Crippen LogP contribution in [-0.2, 0) is 4.74 Å². The van der Waals surface area contributed by atoms with Gasteiger partial charge in [-0.25, -0.2) is 4.98 Å². The molecule has 0 amide bonds. The molecule has 2 aromatic carbocycles. The number of hydrogen-bond acceptors (Lipinski definition) is 6. The average molecular weight is 419 g/mol. The van der Waals surface area contributed by atoms with Crippen molar-refractivity contribution in [3.05, 3.63) is 52.8 Å². The topological polar surface area (TPSA) is 103 Å². The van der Waals surface area contributed by atoms with Crippen molar-refractivity contribution in [1.82, 2.24) is 19.9 Å². The standard InChI is InChI=1S/C23H26N6O2/c1-28(2)12-15-13-29(9-10-31-15)14-7-8-18-19(11-14)26-22(25-18)20-21(24)16-5-3-4-6-17(16)27-23(20)30/h3-8,11,15H,9-10,12-13H2,1-2H3,(H,25,26)(H3,24,27,30). The lowest BCUT2D eigenvalue weighted by atomic mass is 10.1. The van der Waals surface area contributed by atoms with Crippen molar-refractivity contribution in [3.63, 3.8) is 0 Å². The van der Waals surface area contributed by atoms with Crippen LogP contribution in [0.2, 0.25) is 0 Å². The number of nitrogens with two attached hydrogens (primary N) is 1. The Labute approximate surface area is 179 Å². The summed E-state index contributed by atoms with van der Waals surface area (Å²) in [5.41, 5.74) is 10.4. The molecular formula is C23H26N6O2. The van der Waals surface area contributed by atoms with E-state index in [0.29, 0.717) is 29.2 Å². The van der Waals surface area contributed by atoms with Gasteiger partial charge < -0.3 is 30.2 Å². The molecule has 1 saturated heterocycles. The average Bonchev–Trinajstić information content (AvgIpc) is 3.16. The lowest BCUT2D eigenvalue weighted by Crippen LogP contribution is -2.46. The number of likely N-dealkylation sites (N-methyl/N-ethyl adjacent to an activating group) is 1. The molecule has 8 nitrogen and oxygen atoms in total. The number of nitrogens with one attached hydrogen (secondary N) is 2. The van der Waals surface area contributed by atoms with Crippen LogP contribution in [0.4, 0.5) is 11.4 Å². The fourth-order valence-electron chi connectivity index (χ4n) is 4.29. The van der Waals surface area contributed by atoms with E-state index in [9.17, 15) is 4.79 Å². The molecule has 4 N–H and O–H groups in total. The smallest absolute Gasteiger partial charge is 0.261 e. The molecule has 0 saturated carbocycles. The first-order valence-corrected chi connectivity index (χ1v) is 10.4. The van der Waals surface area contributed by atoms with Crippen molar-refractivity contribution in [1.29, 1.82) is 0 Å². The first kappa shape index (κ1) is 19.6. The first-order chi connectivity index (χ1) is 15.0. The largest absolute Gasteiger partial charge is 0.397 e. The molecule has 8 heteroatoms. The summed E-state index contributed by atoms with van der Waals surface area (Å²) in [5.74, 6) is 0.476. The van der Waals surface area contributed by atoms with Crippen LogP contribution in [0, 0.1) is 0 Å². The summed E-state index contributed by atoms with van der Waals surface area (Å²) in [7, 11) is 4.11. The third-order valence-corrected chi connectivity index (χ3v) is 5.74. The quantitative estimate of drug-likeness (QED) is 0.470. The van der Waals surface area contributed by atoms with Crippen molar-refractivity contribution >= 4 is 33.3 Å². The molecule has 3 heterocycles. The van der Waals surface area contributed by atoms with Crippen LogP contribution < -0.4 is 16.2 Å². The monoisotopic (exact) mass is 418 g/mol. The maximum absolute atomic E-state index is 12.7. The molecular weight excluding hydrogens is 392 g/mol. The van der Waals surface area contributed by atoms with Crippen molar-refractivity contribution in [2.24, 2.45) is 0 Å². The molecule has 1 atom stereocenters. The normalized spacial score (nSPS) is 17.1. The van der Waals surface area contributed by atoms with Crippen LogP contribution in [0.25, 0.3) is 33.3 Å². The van der Waals surface area contributed by atoms with Gasteiger partial charge in [0, 0.05) is 30.7 Å². The van der Waals surface area contributed by atoms with Crippen molar-refractivity contribution in [3.8, 4) is 11.4 Å². The number of ether oxygens (including phenoxy) is 1. The minimum Gasteiger partial charge on any atom is -0.397 e. The molecule has 0 radical (unpaired) electrons. The molecule has 4 aromatic rings. The van der Waals surface area contributed by atoms with Crippen molar-refractivity contribution in [2.45, 2.75) is 6.10 Å². The van der Waals surface area contributed by atoms with Crippen LogP contribution in [0.15, 0.2) is 47.3 Å². The molecule has 0 bridgehead atoms. The van der Waals surface area contributed by atoms with Crippen LogP contribution >= 0.6 is 0 Å². The van der Waals surface area contributed by atoms with Crippen molar-refractivity contribution in [2.75, 3.05) is 51.0 Å². The Morgan fingerprint density at radius 2 is 2.03 bits per heavy atom. The Balaban J connectivity index is 1.51. The van der Waals surface area contributed by atoms with E-state index < -0.39 is 0 Å². The number of pyridine rings is 1. The summed E-state index contributed by atoms with van der Waals surface area (Å²) in [4.78, 5) is 28.1. The van der Waals surface area contributed by atoms with Crippen LogP contribution in [0.5, 0.6) is 0 Å². The highest BCUT2D eigenvalue weighted by Crippen LogP contribution is 2.29. The summed E-state index contributed by atoms with van der Waals surface area (Å²) in [5, 5.41) is 0.804. The molecule has 1 unspecified atom stereocenters. The van der Waals surface area contributed by atoms with E-state index in [4.69, 9.17) is 10.5 Å². The maximum atomic E-state index is 12.7. The number of aromatic nitrogens is 3. The number of morpholine rings is 1. The molecule has 160 valence electrons. The fourth-order valence-corrected chi connectivity index (χ4v) is 4.29. The summed E-state index contributed by atoms with van der Waals surface area (Å²) in [6.45, 7) is 3.26. The lowest BCUT2D eigenvalue weighted by Gasteiger charge is -2.35. The van der Waals surface area contributed by atoms with E-state index in [1.165, 1.54) is 0 Å². The molecule has 5 rings (SSSR count). The molecule has 0 spiro atoms. The molecule has 1 aliphatic heterocycles. The van der Waals surface area contributed by atoms with Gasteiger partial charge in [0.15, 0.2) is 0 Å². The van der Waals surface area contributed by atoms with Gasteiger partial charge in [-0.1, -0.05) is 18.2 Å². The fraction of sp³-hybridized carbons (Fsp3) is 0.304. The summed E-state index contributed by atoms with van der Waals surface area (Å²) in [6.07, 6.45) is 0.174. The molecule has 2 aromatic heterocycles. The van der Waals surface area contributed by atoms with Crippen LogP contribution in [-0.4, -0.2) is 66.3 Å². The highest BCUT2D eigenvalue weighted by Gasteiger charge is 2.22. The van der Waals surface area contributed by atoms with Crippen molar-refractivity contribution < 1.29 is 4.74 Å².